The van der Waals surface area contributed by atoms with Gasteiger partial charge in [0.1, 0.15) is 0 Å². The van der Waals surface area contributed by atoms with Crippen LogP contribution in [-0.4, -0.2) is 23.2 Å². The summed E-state index contributed by atoms with van der Waals surface area (Å²) in [4.78, 5) is 12.4. The van der Waals surface area contributed by atoms with E-state index >= 15 is 0 Å². The minimum absolute atomic E-state index is 0.164. The number of hydrogen-bond donors (Lipinski definition) is 2. The van der Waals surface area contributed by atoms with Gasteiger partial charge in [0, 0.05) is 13.0 Å². The molecule has 2 N–H and O–H groups in total. The molecule has 3 nitrogen and oxygen atoms in total. The molecule has 1 amide bonds. The minimum atomic E-state index is -0.725. The average molecular weight is 293 g/mol. The summed E-state index contributed by atoms with van der Waals surface area (Å²) in [5.41, 5.74) is -0.424. The van der Waals surface area contributed by atoms with Gasteiger partial charge in [-0.3, -0.25) is 4.79 Å². The lowest BCUT2D eigenvalue weighted by Crippen LogP contribution is -2.49. The highest BCUT2D eigenvalue weighted by atomic mass is 16.3. The van der Waals surface area contributed by atoms with Gasteiger partial charge in [-0.05, 0) is 74.5 Å². The van der Waals surface area contributed by atoms with Crippen LogP contribution in [0.4, 0.5) is 0 Å². The second-order valence-corrected chi connectivity index (χ2v) is 8.30. The lowest BCUT2D eigenvalue weighted by molar-refractivity contribution is -0.130. The monoisotopic (exact) mass is 293 g/mol. The fourth-order valence-corrected chi connectivity index (χ4v) is 5.67. The molecule has 0 saturated heterocycles. The second kappa shape index (κ2) is 5.57. The highest BCUT2D eigenvalue weighted by Gasteiger charge is 2.51. The zero-order chi connectivity index (χ0) is 15.1. The topological polar surface area (TPSA) is 49.3 Å². The van der Waals surface area contributed by atoms with Crippen LogP contribution in [0, 0.1) is 23.2 Å². The summed E-state index contributed by atoms with van der Waals surface area (Å²) in [6, 6.07) is 0. The predicted molar refractivity (Wildman–Crippen MR) is 83.8 cm³/mol. The van der Waals surface area contributed by atoms with E-state index in [1.54, 1.807) is 0 Å². The van der Waals surface area contributed by atoms with Gasteiger partial charge in [-0.2, -0.15) is 0 Å². The van der Waals surface area contributed by atoms with Gasteiger partial charge < -0.3 is 10.4 Å². The fraction of sp³-hybridized carbons (Fsp3) is 0.944. The quantitative estimate of drug-likeness (QED) is 0.789. The van der Waals surface area contributed by atoms with Crippen LogP contribution in [0.5, 0.6) is 0 Å². The molecule has 0 atom stereocenters. The Kier molecular flexibility index (Phi) is 4.06. The van der Waals surface area contributed by atoms with Gasteiger partial charge in [-0.1, -0.05) is 13.8 Å². The summed E-state index contributed by atoms with van der Waals surface area (Å²) in [7, 11) is 0. The molecule has 0 radical (unpaired) electrons. The molecule has 4 fully saturated rings. The van der Waals surface area contributed by atoms with Crippen molar-refractivity contribution in [2.45, 2.75) is 77.2 Å². The van der Waals surface area contributed by atoms with Crippen molar-refractivity contribution in [3.63, 3.8) is 0 Å². The number of amides is 1. The highest BCUT2D eigenvalue weighted by Crippen LogP contribution is 2.61. The molecule has 0 aromatic carbocycles. The number of carbonyl (C=O) groups excluding carboxylic acids is 1. The fourth-order valence-electron chi connectivity index (χ4n) is 5.67. The van der Waals surface area contributed by atoms with E-state index in [4.69, 9.17) is 0 Å². The van der Waals surface area contributed by atoms with Crippen molar-refractivity contribution in [2.75, 3.05) is 6.54 Å². The van der Waals surface area contributed by atoms with Crippen LogP contribution in [0.15, 0.2) is 0 Å². The molecule has 0 aromatic rings. The maximum Gasteiger partial charge on any atom is 0.220 e. The van der Waals surface area contributed by atoms with Crippen molar-refractivity contribution in [1.29, 1.82) is 0 Å². The van der Waals surface area contributed by atoms with Crippen LogP contribution in [0.25, 0.3) is 0 Å². The maximum atomic E-state index is 12.4. The van der Waals surface area contributed by atoms with Crippen LogP contribution in [0.2, 0.25) is 0 Å². The van der Waals surface area contributed by atoms with Crippen molar-refractivity contribution in [2.24, 2.45) is 23.2 Å². The Balaban J connectivity index is 1.55. The Hall–Kier alpha value is -0.570. The maximum absolute atomic E-state index is 12.4. The highest BCUT2D eigenvalue weighted by molar-refractivity contribution is 5.76. The van der Waals surface area contributed by atoms with Gasteiger partial charge >= 0.3 is 0 Å². The van der Waals surface area contributed by atoms with Crippen molar-refractivity contribution in [1.82, 2.24) is 5.32 Å². The zero-order valence-electron chi connectivity index (χ0n) is 13.7. The third kappa shape index (κ3) is 3.13. The number of carbonyl (C=O) groups is 1. The summed E-state index contributed by atoms with van der Waals surface area (Å²) in [6.07, 6.45) is 10.2. The summed E-state index contributed by atoms with van der Waals surface area (Å²) in [5, 5.41) is 13.3. The SMILES string of the molecule is CCC(O)(CC)CNC(=O)CC12CC3CC(CC(C3)C1)C2. The first kappa shape index (κ1) is 15.3. The lowest BCUT2D eigenvalue weighted by Gasteiger charge is -2.56. The molecule has 0 aliphatic heterocycles. The van der Waals surface area contributed by atoms with Gasteiger partial charge in [0.25, 0.3) is 0 Å². The standard InChI is InChI=1S/C18H31NO2/c1-3-18(21,4-2)12-19-16(20)11-17-8-13-5-14(9-17)7-15(6-13)10-17/h13-15,21H,3-12H2,1-2H3,(H,19,20). The summed E-state index contributed by atoms with van der Waals surface area (Å²) in [6.45, 7) is 4.37. The normalized spacial score (nSPS) is 37.8. The van der Waals surface area contributed by atoms with Crippen LogP contribution >= 0.6 is 0 Å². The van der Waals surface area contributed by atoms with Crippen LogP contribution < -0.4 is 5.32 Å². The number of hydrogen-bond acceptors (Lipinski definition) is 2. The van der Waals surface area contributed by atoms with E-state index < -0.39 is 5.60 Å². The second-order valence-electron chi connectivity index (χ2n) is 8.30. The molecule has 4 aliphatic rings. The molecule has 4 saturated carbocycles. The first-order valence-electron chi connectivity index (χ1n) is 8.95. The van der Waals surface area contributed by atoms with Crippen molar-refractivity contribution >= 4 is 5.91 Å². The third-order valence-electron chi connectivity index (χ3n) is 6.63. The molecule has 4 bridgehead atoms. The number of nitrogens with one attached hydrogen (secondary N) is 1. The van der Waals surface area contributed by atoms with E-state index in [0.29, 0.717) is 31.2 Å². The molecule has 120 valence electrons. The van der Waals surface area contributed by atoms with Crippen LogP contribution in [0.3, 0.4) is 0 Å². The largest absolute Gasteiger partial charge is 0.388 e. The van der Waals surface area contributed by atoms with Gasteiger partial charge in [-0.25, -0.2) is 0 Å². The molecule has 0 unspecified atom stereocenters. The molecule has 21 heavy (non-hydrogen) atoms. The number of rotatable bonds is 6. The van der Waals surface area contributed by atoms with E-state index in [9.17, 15) is 9.90 Å². The molecule has 0 spiro atoms. The Morgan fingerprint density at radius 2 is 1.57 bits per heavy atom. The third-order valence-corrected chi connectivity index (χ3v) is 6.63. The van der Waals surface area contributed by atoms with Crippen LogP contribution in [-0.2, 0) is 4.79 Å². The Morgan fingerprint density at radius 1 is 1.10 bits per heavy atom. The van der Waals surface area contributed by atoms with Gasteiger partial charge in [0.05, 0.1) is 5.60 Å². The predicted octanol–water partition coefficient (Wildman–Crippen LogP) is 3.26. The minimum Gasteiger partial charge on any atom is -0.388 e. The molecule has 0 heterocycles. The molecular formula is C18H31NO2. The van der Waals surface area contributed by atoms with E-state index in [1.165, 1.54) is 38.5 Å². The van der Waals surface area contributed by atoms with Gasteiger partial charge in [0.15, 0.2) is 0 Å². The summed E-state index contributed by atoms with van der Waals surface area (Å²) < 4.78 is 0. The van der Waals surface area contributed by atoms with Crippen molar-refractivity contribution < 1.29 is 9.90 Å². The van der Waals surface area contributed by atoms with Gasteiger partial charge in [0.2, 0.25) is 5.91 Å². The zero-order valence-corrected chi connectivity index (χ0v) is 13.7. The summed E-state index contributed by atoms with van der Waals surface area (Å²) >= 11 is 0. The number of aliphatic hydroxyl groups is 1. The Bertz CT molecular complexity index is 365. The smallest absolute Gasteiger partial charge is 0.220 e. The van der Waals surface area contributed by atoms with Crippen molar-refractivity contribution in [3.05, 3.63) is 0 Å². The van der Waals surface area contributed by atoms with E-state index in [2.05, 4.69) is 5.32 Å². The van der Waals surface area contributed by atoms with Crippen molar-refractivity contribution in [3.8, 4) is 0 Å². The van der Waals surface area contributed by atoms with E-state index in [0.717, 1.165) is 17.8 Å². The molecular weight excluding hydrogens is 262 g/mol. The molecule has 4 rings (SSSR count). The van der Waals surface area contributed by atoms with Gasteiger partial charge in [-0.15, -0.1) is 0 Å². The molecule has 3 heteroatoms. The van der Waals surface area contributed by atoms with E-state index in [-0.39, 0.29) is 5.91 Å². The molecule has 0 aromatic heterocycles. The first-order valence-corrected chi connectivity index (χ1v) is 8.95. The first-order chi connectivity index (χ1) is 9.96. The Labute approximate surface area is 128 Å². The summed E-state index contributed by atoms with van der Waals surface area (Å²) in [5.74, 6) is 2.85. The molecule has 4 aliphatic carbocycles. The Morgan fingerprint density at radius 3 is 2.00 bits per heavy atom. The van der Waals surface area contributed by atoms with Crippen LogP contribution in [0.1, 0.15) is 71.6 Å². The van der Waals surface area contributed by atoms with E-state index in [1.807, 2.05) is 13.8 Å². The average Bonchev–Trinajstić information content (AvgIpc) is 2.43. The lowest BCUT2D eigenvalue weighted by atomic mass is 9.49.